The van der Waals surface area contributed by atoms with Gasteiger partial charge in [-0.15, -0.1) is 0 Å². The molecule has 3 fully saturated rings. The van der Waals surface area contributed by atoms with Gasteiger partial charge >= 0.3 is 11.9 Å². The van der Waals surface area contributed by atoms with Crippen molar-refractivity contribution in [2.45, 2.75) is 29.5 Å². The average molecular weight is 382 g/mol. The third-order valence-electron chi connectivity index (χ3n) is 7.51. The summed E-state index contributed by atoms with van der Waals surface area (Å²) in [7, 11) is 3.22. The second-order valence-corrected chi connectivity index (χ2v) is 8.12. The molecule has 6 rings (SSSR count). The van der Waals surface area contributed by atoms with Crippen molar-refractivity contribution in [3.05, 3.63) is 35.4 Å². The molecule has 28 heavy (non-hydrogen) atoms. The third-order valence-corrected chi connectivity index (χ3v) is 7.51. The lowest BCUT2D eigenvalue weighted by Gasteiger charge is -2.45. The molecule has 1 saturated heterocycles. The number of aliphatic carboxylic acids is 2. The summed E-state index contributed by atoms with van der Waals surface area (Å²) in [5, 5.41) is 21.5. The zero-order chi connectivity index (χ0) is 19.6. The first kappa shape index (κ1) is 16.2. The molecule has 0 spiro atoms. The van der Waals surface area contributed by atoms with Gasteiger partial charge in [0.25, 0.3) is 0 Å². The Morgan fingerprint density at radius 1 is 0.929 bits per heavy atom. The number of methoxy groups -OCH3 is 2. The molecule has 2 aromatic rings. The first-order chi connectivity index (χ1) is 13.5. The van der Waals surface area contributed by atoms with E-state index in [1.807, 2.05) is 24.3 Å². The Kier molecular flexibility index (Phi) is 2.66. The van der Waals surface area contributed by atoms with Gasteiger partial charge in [0.1, 0.15) is 11.5 Å². The van der Waals surface area contributed by atoms with Crippen molar-refractivity contribution in [1.29, 1.82) is 0 Å². The van der Waals surface area contributed by atoms with Crippen LogP contribution in [0.4, 0.5) is 0 Å². The van der Waals surface area contributed by atoms with Crippen molar-refractivity contribution in [2.24, 2.45) is 11.8 Å². The standard InChI is InChI=1S/C21H18O7/c1-26-16-8-5-3-4-6-9(8)17(27-2)13-11-7-10(12(13)16)14-15(11)21(19(24)25)20(14,28-21)18(22)23/h3-6,10-11,14-15H,7H2,1-2H3,(H,22,23)(H,24,25)/t10-,11+,14-,15+,20-,21+. The molecule has 144 valence electrons. The van der Waals surface area contributed by atoms with Crippen LogP contribution in [0, 0.1) is 11.8 Å². The Hall–Kier alpha value is -2.80. The molecule has 2 saturated carbocycles. The van der Waals surface area contributed by atoms with Crippen molar-refractivity contribution in [3.63, 3.8) is 0 Å². The number of hydrogen-bond donors (Lipinski definition) is 2. The lowest BCUT2D eigenvalue weighted by molar-refractivity contribution is -0.158. The molecule has 2 bridgehead atoms. The molecule has 1 aliphatic heterocycles. The maximum atomic E-state index is 12.0. The second-order valence-electron chi connectivity index (χ2n) is 8.12. The predicted octanol–water partition coefficient (Wildman–Crippen LogP) is 2.36. The van der Waals surface area contributed by atoms with E-state index in [0.717, 1.165) is 33.4 Å². The molecule has 7 heteroatoms. The fourth-order valence-electron chi connectivity index (χ4n) is 6.78. The molecule has 1 heterocycles. The average Bonchev–Trinajstić information content (AvgIpc) is 2.91. The highest BCUT2D eigenvalue weighted by Gasteiger charge is 2.99. The van der Waals surface area contributed by atoms with E-state index in [2.05, 4.69) is 0 Å². The van der Waals surface area contributed by atoms with Crippen LogP contribution in [0.5, 0.6) is 11.5 Å². The monoisotopic (exact) mass is 382 g/mol. The lowest BCUT2D eigenvalue weighted by Crippen LogP contribution is -2.63. The normalized spacial score (nSPS) is 38.2. The minimum atomic E-state index is -1.62. The van der Waals surface area contributed by atoms with Gasteiger partial charge in [0, 0.05) is 33.7 Å². The molecule has 7 nitrogen and oxygen atoms in total. The van der Waals surface area contributed by atoms with Crippen molar-refractivity contribution in [3.8, 4) is 11.5 Å². The molecule has 2 aromatic carbocycles. The van der Waals surface area contributed by atoms with Gasteiger partial charge < -0.3 is 24.4 Å². The van der Waals surface area contributed by atoms with Crippen LogP contribution in [0.2, 0.25) is 0 Å². The SMILES string of the molecule is COc1c2c(c(OC)c3ccccc13)[C@@H]1C[C@H]2[C@@H]2[C@H]1[C@@]1(C(=O)O)O[C@@]21C(=O)O. The van der Waals surface area contributed by atoms with Gasteiger partial charge in [-0.05, 0) is 18.3 Å². The topological polar surface area (TPSA) is 106 Å². The van der Waals surface area contributed by atoms with E-state index in [0.29, 0.717) is 6.42 Å². The summed E-state index contributed by atoms with van der Waals surface area (Å²) in [6, 6.07) is 7.77. The summed E-state index contributed by atoms with van der Waals surface area (Å²) in [4.78, 5) is 24.1. The third kappa shape index (κ3) is 1.32. The minimum Gasteiger partial charge on any atom is -0.496 e. The molecule has 2 N–H and O–H groups in total. The van der Waals surface area contributed by atoms with Gasteiger partial charge in [0.05, 0.1) is 14.2 Å². The van der Waals surface area contributed by atoms with Gasteiger partial charge in [-0.3, -0.25) is 0 Å². The Balaban J connectivity index is 1.64. The quantitative estimate of drug-likeness (QED) is 0.618. The summed E-state index contributed by atoms with van der Waals surface area (Å²) in [6.45, 7) is 0. The maximum absolute atomic E-state index is 12.0. The van der Waals surface area contributed by atoms with Gasteiger partial charge in [0.15, 0.2) is 0 Å². The molecule has 3 aliphatic carbocycles. The number of rotatable bonds is 4. The minimum absolute atomic E-state index is 0.121. The fourth-order valence-corrected chi connectivity index (χ4v) is 6.78. The number of epoxide rings is 1. The van der Waals surface area contributed by atoms with E-state index < -0.39 is 23.1 Å². The zero-order valence-corrected chi connectivity index (χ0v) is 15.3. The van der Waals surface area contributed by atoms with Crippen LogP contribution in [-0.4, -0.2) is 47.6 Å². The van der Waals surface area contributed by atoms with Gasteiger partial charge in [-0.25, -0.2) is 9.59 Å². The number of carboxylic acid groups (broad SMARTS) is 2. The first-order valence-electron chi connectivity index (χ1n) is 9.29. The molecule has 0 unspecified atom stereocenters. The van der Waals surface area contributed by atoms with Gasteiger partial charge in [-0.2, -0.15) is 0 Å². The van der Waals surface area contributed by atoms with E-state index in [1.165, 1.54) is 0 Å². The summed E-state index contributed by atoms with van der Waals surface area (Å²) < 4.78 is 17.1. The van der Waals surface area contributed by atoms with Crippen LogP contribution in [0.15, 0.2) is 24.3 Å². The van der Waals surface area contributed by atoms with Crippen molar-refractivity contribution in [2.75, 3.05) is 14.2 Å². The molecular formula is C21H18O7. The van der Waals surface area contributed by atoms with Crippen LogP contribution >= 0.6 is 0 Å². The summed E-state index contributed by atoms with van der Waals surface area (Å²) >= 11 is 0. The smallest absolute Gasteiger partial charge is 0.340 e. The van der Waals surface area contributed by atoms with Gasteiger partial charge in [-0.1, -0.05) is 24.3 Å². The number of benzene rings is 2. The van der Waals surface area contributed by atoms with Crippen molar-refractivity contribution < 1.29 is 34.0 Å². The maximum Gasteiger partial charge on any atom is 0.340 e. The number of carboxylic acids is 2. The zero-order valence-electron chi connectivity index (χ0n) is 15.3. The highest BCUT2D eigenvalue weighted by molar-refractivity contribution is 6.03. The molecule has 0 amide bonds. The van der Waals surface area contributed by atoms with E-state index in [9.17, 15) is 19.8 Å². The van der Waals surface area contributed by atoms with Gasteiger partial charge in [0.2, 0.25) is 11.2 Å². The van der Waals surface area contributed by atoms with Crippen LogP contribution in [0.25, 0.3) is 10.8 Å². The molecular weight excluding hydrogens is 364 g/mol. The number of ether oxygens (including phenoxy) is 3. The first-order valence-corrected chi connectivity index (χ1v) is 9.29. The fraction of sp³-hybridized carbons (Fsp3) is 0.429. The van der Waals surface area contributed by atoms with Crippen LogP contribution < -0.4 is 9.47 Å². The predicted molar refractivity (Wildman–Crippen MR) is 95.9 cm³/mol. The number of hydrogen-bond acceptors (Lipinski definition) is 5. The van der Waals surface area contributed by atoms with E-state index in [1.54, 1.807) is 14.2 Å². The Labute approximate surface area is 159 Å². The Bertz CT molecular complexity index is 1020. The van der Waals surface area contributed by atoms with Crippen LogP contribution in [0.3, 0.4) is 0 Å². The molecule has 0 aromatic heterocycles. The number of carbonyl (C=O) groups is 2. The van der Waals surface area contributed by atoms with E-state index in [-0.39, 0.29) is 23.7 Å². The van der Waals surface area contributed by atoms with Crippen LogP contribution in [-0.2, 0) is 14.3 Å². The summed E-state index contributed by atoms with van der Waals surface area (Å²) in [5.74, 6) is -1.88. The molecule has 4 aliphatic rings. The highest BCUT2D eigenvalue weighted by atomic mass is 16.7. The summed E-state index contributed by atoms with van der Waals surface area (Å²) in [5.41, 5.74) is -1.33. The summed E-state index contributed by atoms with van der Waals surface area (Å²) in [6.07, 6.45) is 0.696. The Morgan fingerprint density at radius 3 is 1.71 bits per heavy atom. The van der Waals surface area contributed by atoms with Crippen molar-refractivity contribution >= 4 is 22.7 Å². The van der Waals surface area contributed by atoms with Crippen molar-refractivity contribution in [1.82, 2.24) is 0 Å². The number of fused-ring (bicyclic) bond motifs is 12. The van der Waals surface area contributed by atoms with E-state index >= 15 is 0 Å². The van der Waals surface area contributed by atoms with Crippen LogP contribution in [0.1, 0.15) is 29.4 Å². The Morgan fingerprint density at radius 2 is 1.36 bits per heavy atom. The second kappa shape index (κ2) is 4.60. The van der Waals surface area contributed by atoms with E-state index in [4.69, 9.17) is 14.2 Å². The highest BCUT2D eigenvalue weighted by Crippen LogP contribution is 2.84. The lowest BCUT2D eigenvalue weighted by atomic mass is 9.51. The molecule has 0 radical (unpaired) electrons. The molecule has 6 atom stereocenters. The largest absolute Gasteiger partial charge is 0.496 e.